The van der Waals surface area contributed by atoms with Crippen molar-refractivity contribution >= 4 is 6.98 Å². The summed E-state index contributed by atoms with van der Waals surface area (Å²) in [6.45, 7) is -2.56. The van der Waals surface area contributed by atoms with E-state index in [4.69, 9.17) is 0 Å². The third-order valence-electron chi connectivity index (χ3n) is 4.74. The quantitative estimate of drug-likeness (QED) is 0.731. The minimum atomic E-state index is -4.64. The van der Waals surface area contributed by atoms with Gasteiger partial charge in [-0.2, -0.15) is 0 Å². The van der Waals surface area contributed by atoms with Gasteiger partial charge in [-0.15, -0.1) is 0 Å². The molecule has 0 unspecified atom stereocenters. The third kappa shape index (κ3) is 1.97. The van der Waals surface area contributed by atoms with Gasteiger partial charge in [-0.3, -0.25) is 0 Å². The molecule has 2 bridgehead atoms. The van der Waals surface area contributed by atoms with Gasteiger partial charge in [0, 0.05) is 0 Å². The van der Waals surface area contributed by atoms with Crippen molar-refractivity contribution in [2.45, 2.75) is 43.3 Å². The number of aryl methyl sites for hydroxylation is 1. The van der Waals surface area contributed by atoms with Crippen molar-refractivity contribution in [1.82, 2.24) is 0 Å². The van der Waals surface area contributed by atoms with Crippen LogP contribution >= 0.6 is 0 Å². The van der Waals surface area contributed by atoms with E-state index < -0.39 is 12.3 Å². The van der Waals surface area contributed by atoms with Crippen LogP contribution in [-0.4, -0.2) is 6.98 Å². The molecule has 3 aliphatic carbocycles. The first-order valence-electron chi connectivity index (χ1n) is 6.20. The normalized spacial score (nSPS) is 33.1. The van der Waals surface area contributed by atoms with Crippen LogP contribution in [0.3, 0.4) is 0 Å². The molecule has 0 aromatic heterocycles. The molecule has 0 nitrogen and oxygen atoms in total. The van der Waals surface area contributed by atoms with Crippen molar-refractivity contribution in [3.8, 4) is 0 Å². The maximum atomic E-state index is 12.8. The summed E-state index contributed by atoms with van der Waals surface area (Å²) in [4.78, 5) is 0. The van der Waals surface area contributed by atoms with E-state index in [1.165, 1.54) is 5.56 Å². The predicted molar refractivity (Wildman–Crippen MR) is 63.1 cm³/mol. The molecule has 5 heteroatoms. The van der Waals surface area contributed by atoms with Crippen molar-refractivity contribution in [2.75, 3.05) is 0 Å². The smallest absolute Gasteiger partial charge is 0.449 e. The molecule has 1 aromatic carbocycles. The number of hydrogen-bond donors (Lipinski definition) is 0. The molecule has 4 rings (SSSR count). The summed E-state index contributed by atoms with van der Waals surface area (Å²) in [6.07, 6.45) is 1.96. The third-order valence-corrected chi connectivity index (χ3v) is 4.74. The van der Waals surface area contributed by atoms with Crippen LogP contribution in [0.5, 0.6) is 0 Å². The van der Waals surface area contributed by atoms with E-state index in [0.717, 1.165) is 12.0 Å². The van der Waals surface area contributed by atoms with Gasteiger partial charge in [-0.05, 0) is 23.0 Å². The van der Waals surface area contributed by atoms with E-state index in [2.05, 4.69) is 6.92 Å². The molecule has 3 fully saturated rings. The Bertz CT molecular complexity index is 433. The summed E-state index contributed by atoms with van der Waals surface area (Å²) in [6, 6.07) is 8.12. The van der Waals surface area contributed by atoms with E-state index >= 15 is 0 Å². The molecule has 3 saturated carbocycles. The summed E-state index contributed by atoms with van der Waals surface area (Å²) in [5.74, 6) is 0. The van der Waals surface area contributed by atoms with Gasteiger partial charge < -0.3 is 12.9 Å². The Morgan fingerprint density at radius 3 is 1.94 bits per heavy atom. The molecule has 0 heterocycles. The molecule has 0 spiro atoms. The summed E-state index contributed by atoms with van der Waals surface area (Å²) >= 11 is 0. The fraction of sp³-hybridized carbons (Fsp3) is 0.538. The first-order chi connectivity index (χ1) is 7.91. The van der Waals surface area contributed by atoms with Crippen LogP contribution in [0.2, 0.25) is 5.31 Å². The molecule has 18 heavy (non-hydrogen) atoms. The Morgan fingerprint density at radius 1 is 1.06 bits per heavy atom. The van der Waals surface area contributed by atoms with Crippen LogP contribution in [0.1, 0.15) is 37.3 Å². The van der Waals surface area contributed by atoms with E-state index in [1.807, 2.05) is 24.3 Å². The maximum absolute atomic E-state index is 12.8. The van der Waals surface area contributed by atoms with Crippen LogP contribution in [0.4, 0.5) is 12.9 Å². The Labute approximate surface area is 148 Å². The Balaban J connectivity index is 0.00000120. The average molecular weight is 278 g/mol. The Kier molecular flexibility index (Phi) is 3.88. The first-order valence-corrected chi connectivity index (χ1v) is 6.20. The number of hydrogen-bond acceptors (Lipinski definition) is 0. The van der Waals surface area contributed by atoms with E-state index in [1.54, 1.807) is 0 Å². The minimum absolute atomic E-state index is 0. The zero-order chi connectivity index (χ0) is 12.3. The van der Waals surface area contributed by atoms with Crippen LogP contribution in [0.25, 0.3) is 0 Å². The van der Waals surface area contributed by atoms with E-state index in [0.29, 0.717) is 19.3 Å². The van der Waals surface area contributed by atoms with E-state index in [9.17, 15) is 12.9 Å². The number of benzene rings is 1. The molecule has 0 radical (unpaired) electrons. The number of halogens is 3. The summed E-state index contributed by atoms with van der Waals surface area (Å²) in [7, 11) is 0. The second kappa shape index (κ2) is 4.62. The van der Waals surface area contributed by atoms with Gasteiger partial charge in [0.1, 0.15) is 0 Å². The predicted octanol–water partition coefficient (Wildman–Crippen LogP) is 1.28. The van der Waals surface area contributed by atoms with Crippen LogP contribution in [0.15, 0.2) is 24.3 Å². The van der Waals surface area contributed by atoms with Gasteiger partial charge in [0.25, 0.3) is 0 Å². The molecule has 0 aliphatic heterocycles. The molecule has 0 amide bonds. The summed E-state index contributed by atoms with van der Waals surface area (Å²) < 4.78 is 38.4. The summed E-state index contributed by atoms with van der Waals surface area (Å²) in [5.41, 5.74) is 2.22. The molecule has 92 valence electrons. The zero-order valence-corrected chi connectivity index (χ0v) is 14.0. The van der Waals surface area contributed by atoms with Gasteiger partial charge in [-0.25, -0.2) is 0 Å². The standard InChI is InChI=1S/C13H15BF3.K/c1-2-10-3-5-11(6-4-10)12-7-13(8-12,9-12)14(15,16)17;/h3-6H,2,7-9H2,1H3;/q-1;+1. The van der Waals surface area contributed by atoms with Crippen LogP contribution in [0, 0.1) is 0 Å². The molecule has 1 aromatic rings. The van der Waals surface area contributed by atoms with Crippen molar-refractivity contribution in [3.63, 3.8) is 0 Å². The second-order valence-electron chi connectivity index (χ2n) is 5.80. The van der Waals surface area contributed by atoms with E-state index in [-0.39, 0.29) is 56.8 Å². The van der Waals surface area contributed by atoms with Crippen LogP contribution < -0.4 is 51.4 Å². The van der Waals surface area contributed by atoms with Gasteiger partial charge >= 0.3 is 58.4 Å². The fourth-order valence-electron chi connectivity index (χ4n) is 3.61. The van der Waals surface area contributed by atoms with Gasteiger partial charge in [-0.1, -0.05) is 55.8 Å². The molecule has 0 N–H and O–H groups in total. The maximum Gasteiger partial charge on any atom is 1.00 e. The van der Waals surface area contributed by atoms with Gasteiger partial charge in [0.05, 0.1) is 0 Å². The minimum Gasteiger partial charge on any atom is -0.449 e. The second-order valence-corrected chi connectivity index (χ2v) is 5.80. The average Bonchev–Trinajstić information content (AvgIpc) is 2.12. The molecular weight excluding hydrogens is 263 g/mol. The zero-order valence-electron chi connectivity index (χ0n) is 10.8. The van der Waals surface area contributed by atoms with Gasteiger partial charge in [0.2, 0.25) is 0 Å². The molecule has 3 aliphatic rings. The topological polar surface area (TPSA) is 0 Å². The first kappa shape index (κ1) is 15.1. The Morgan fingerprint density at radius 2 is 1.56 bits per heavy atom. The van der Waals surface area contributed by atoms with Gasteiger partial charge in [0.15, 0.2) is 0 Å². The Hall–Kier alpha value is 0.711. The molecule has 0 saturated heterocycles. The number of rotatable bonds is 3. The van der Waals surface area contributed by atoms with Crippen molar-refractivity contribution in [2.24, 2.45) is 0 Å². The largest absolute Gasteiger partial charge is 1.00 e. The van der Waals surface area contributed by atoms with Crippen molar-refractivity contribution in [1.29, 1.82) is 0 Å². The fourth-order valence-corrected chi connectivity index (χ4v) is 3.61. The van der Waals surface area contributed by atoms with Crippen LogP contribution in [-0.2, 0) is 11.8 Å². The summed E-state index contributed by atoms with van der Waals surface area (Å²) in [5, 5.41) is -1.27. The SMILES string of the molecule is CCc1ccc(C23CC([B-](F)(F)F)(C2)C3)cc1.[K+]. The monoisotopic (exact) mass is 278 g/mol. The van der Waals surface area contributed by atoms with Crippen molar-refractivity contribution < 1.29 is 64.3 Å². The molecule has 0 atom stereocenters. The van der Waals surface area contributed by atoms with Crippen molar-refractivity contribution in [3.05, 3.63) is 35.4 Å². The molecular formula is C13H15BF3K.